The van der Waals surface area contributed by atoms with Gasteiger partial charge in [0.2, 0.25) is 0 Å². The smallest absolute Gasteiger partial charge is 0.251 e. The molecule has 19 heavy (non-hydrogen) atoms. The van der Waals surface area contributed by atoms with Gasteiger partial charge in [0.15, 0.2) is 0 Å². The lowest BCUT2D eigenvalue weighted by molar-refractivity contribution is 0.0953. The van der Waals surface area contributed by atoms with Crippen LogP contribution in [0.3, 0.4) is 0 Å². The van der Waals surface area contributed by atoms with Crippen LogP contribution < -0.4 is 5.32 Å². The van der Waals surface area contributed by atoms with Gasteiger partial charge >= 0.3 is 0 Å². The minimum atomic E-state index is -0.0512. The van der Waals surface area contributed by atoms with Gasteiger partial charge in [-0.1, -0.05) is 39.8 Å². The molecule has 0 spiro atoms. The zero-order chi connectivity index (χ0) is 14.4. The number of carbonyl (C=O) groups is 1. The molecule has 1 N–H and O–H groups in total. The highest BCUT2D eigenvalue weighted by Crippen LogP contribution is 2.15. The minimum Gasteiger partial charge on any atom is -0.351 e. The van der Waals surface area contributed by atoms with Crippen molar-refractivity contribution >= 4 is 17.5 Å². The van der Waals surface area contributed by atoms with Crippen LogP contribution in [0.2, 0.25) is 0 Å². The summed E-state index contributed by atoms with van der Waals surface area (Å²) in [5, 5.41) is 2.88. The number of hydrogen-bond donors (Lipinski definition) is 1. The van der Waals surface area contributed by atoms with Crippen molar-refractivity contribution in [1.82, 2.24) is 5.32 Å². The van der Waals surface area contributed by atoms with Gasteiger partial charge in [-0.3, -0.25) is 4.79 Å². The van der Waals surface area contributed by atoms with E-state index in [2.05, 4.69) is 33.0 Å². The second kappa shape index (κ2) is 7.54. The summed E-state index contributed by atoms with van der Waals surface area (Å²) in [7, 11) is 0. The van der Waals surface area contributed by atoms with E-state index in [9.17, 15) is 4.79 Å². The van der Waals surface area contributed by atoms with Crippen molar-refractivity contribution in [1.29, 1.82) is 0 Å². The van der Waals surface area contributed by atoms with Crippen molar-refractivity contribution in [2.24, 2.45) is 5.92 Å². The van der Waals surface area contributed by atoms with E-state index in [1.165, 1.54) is 5.56 Å². The first kappa shape index (κ1) is 16.0. The molecule has 1 atom stereocenters. The Balaban J connectivity index is 2.49. The number of nitrogens with one attached hydrogen (secondary N) is 1. The Morgan fingerprint density at radius 1 is 1.16 bits per heavy atom. The molecule has 1 aromatic carbocycles. The summed E-state index contributed by atoms with van der Waals surface area (Å²) in [6, 6.07) is 7.75. The molecule has 0 aliphatic heterocycles. The maximum Gasteiger partial charge on any atom is 0.251 e. The number of halogens is 1. The van der Waals surface area contributed by atoms with Gasteiger partial charge in [-0.05, 0) is 36.0 Å². The molecule has 1 unspecified atom stereocenters. The Labute approximate surface area is 121 Å². The highest BCUT2D eigenvalue weighted by Gasteiger charge is 2.11. The van der Waals surface area contributed by atoms with Crippen LogP contribution in [-0.4, -0.2) is 17.8 Å². The molecule has 1 aromatic rings. The van der Waals surface area contributed by atoms with E-state index < -0.39 is 0 Å². The molecule has 0 radical (unpaired) electrons. The van der Waals surface area contributed by atoms with Gasteiger partial charge in [0, 0.05) is 12.1 Å². The van der Waals surface area contributed by atoms with E-state index in [4.69, 9.17) is 11.6 Å². The van der Waals surface area contributed by atoms with E-state index in [0.717, 1.165) is 6.42 Å². The van der Waals surface area contributed by atoms with Crippen molar-refractivity contribution < 1.29 is 4.79 Å². The first-order valence-electron chi connectivity index (χ1n) is 6.92. The van der Waals surface area contributed by atoms with Crippen molar-refractivity contribution in [3.8, 4) is 0 Å². The first-order valence-corrected chi connectivity index (χ1v) is 7.36. The minimum absolute atomic E-state index is 0.00103. The van der Waals surface area contributed by atoms with E-state index in [1.54, 1.807) is 0 Å². The molecular formula is C16H24ClNO. The molecule has 0 fully saturated rings. The number of amides is 1. The molecule has 0 aromatic heterocycles. The fourth-order valence-corrected chi connectivity index (χ4v) is 2.35. The van der Waals surface area contributed by atoms with E-state index in [-0.39, 0.29) is 11.3 Å². The average Bonchev–Trinajstić information content (AvgIpc) is 2.35. The Morgan fingerprint density at radius 2 is 1.74 bits per heavy atom. The third-order valence-corrected chi connectivity index (χ3v) is 3.38. The van der Waals surface area contributed by atoms with Crippen LogP contribution in [0.1, 0.15) is 56.0 Å². The second-order valence-electron chi connectivity index (χ2n) is 5.71. The molecule has 3 heteroatoms. The summed E-state index contributed by atoms with van der Waals surface area (Å²) in [6.07, 6.45) is 0.911. The van der Waals surface area contributed by atoms with Gasteiger partial charge in [-0.25, -0.2) is 0 Å². The van der Waals surface area contributed by atoms with Crippen LogP contribution >= 0.6 is 11.6 Å². The Bertz CT molecular complexity index is 398. The normalized spacial score (nSPS) is 12.8. The maximum absolute atomic E-state index is 11.9. The summed E-state index contributed by atoms with van der Waals surface area (Å²) < 4.78 is 0. The van der Waals surface area contributed by atoms with E-state index >= 15 is 0 Å². The highest BCUT2D eigenvalue weighted by molar-refractivity contribution is 6.20. The van der Waals surface area contributed by atoms with Crippen LogP contribution in [0, 0.1) is 5.92 Å². The van der Waals surface area contributed by atoms with Gasteiger partial charge in [0.1, 0.15) is 0 Å². The van der Waals surface area contributed by atoms with Crippen LogP contribution in [0.4, 0.5) is 0 Å². The van der Waals surface area contributed by atoms with Crippen molar-refractivity contribution in [3.63, 3.8) is 0 Å². The molecule has 0 saturated carbocycles. The molecule has 1 rings (SSSR count). The largest absolute Gasteiger partial charge is 0.351 e. The second-order valence-corrected chi connectivity index (χ2v) is 6.33. The van der Waals surface area contributed by atoms with Crippen LogP contribution in [0.25, 0.3) is 0 Å². The molecular weight excluding hydrogens is 258 g/mol. The highest BCUT2D eigenvalue weighted by atomic mass is 35.5. The molecule has 0 bridgehead atoms. The molecule has 0 aliphatic carbocycles. The summed E-state index contributed by atoms with van der Waals surface area (Å²) >= 11 is 6.16. The lowest BCUT2D eigenvalue weighted by Gasteiger charge is -2.13. The molecule has 2 nitrogen and oxygen atoms in total. The summed E-state index contributed by atoms with van der Waals surface area (Å²) in [4.78, 5) is 11.9. The number of carbonyl (C=O) groups excluding carboxylic acids is 1. The lowest BCUT2D eigenvalue weighted by Crippen LogP contribution is -2.30. The first-order chi connectivity index (χ1) is 8.90. The topological polar surface area (TPSA) is 29.1 Å². The van der Waals surface area contributed by atoms with E-state index in [1.807, 2.05) is 24.3 Å². The summed E-state index contributed by atoms with van der Waals surface area (Å²) in [6.45, 7) is 9.05. The molecule has 0 saturated heterocycles. The van der Waals surface area contributed by atoms with Gasteiger partial charge in [-0.15, -0.1) is 11.6 Å². The fourth-order valence-electron chi connectivity index (χ4n) is 1.92. The summed E-state index contributed by atoms with van der Waals surface area (Å²) in [5.41, 5.74) is 1.93. The predicted octanol–water partition coefficient (Wildman–Crippen LogP) is 4.19. The average molecular weight is 282 g/mol. The Kier molecular flexibility index (Phi) is 6.36. The fraction of sp³-hybridized carbons (Fsp3) is 0.562. The lowest BCUT2D eigenvalue weighted by atomic mass is 10.0. The quantitative estimate of drug-likeness (QED) is 0.778. The van der Waals surface area contributed by atoms with Gasteiger partial charge < -0.3 is 5.32 Å². The zero-order valence-electron chi connectivity index (χ0n) is 12.2. The van der Waals surface area contributed by atoms with Crippen LogP contribution in [0.5, 0.6) is 0 Å². The Hall–Kier alpha value is -1.02. The van der Waals surface area contributed by atoms with Gasteiger partial charge in [0.05, 0.1) is 5.38 Å². The van der Waals surface area contributed by atoms with Crippen LogP contribution in [-0.2, 0) is 0 Å². The molecule has 0 aliphatic rings. The molecule has 106 valence electrons. The van der Waals surface area contributed by atoms with Crippen molar-refractivity contribution in [2.45, 2.75) is 45.4 Å². The number of hydrogen-bond acceptors (Lipinski definition) is 1. The Morgan fingerprint density at radius 3 is 2.21 bits per heavy atom. The molecule has 0 heterocycles. The standard InChI is InChI=1S/C16H24ClNO/c1-11(2)9-15(17)10-18-16(19)14-7-5-13(6-8-14)12(3)4/h5-8,11-12,15H,9-10H2,1-4H3,(H,18,19). The number of benzene rings is 1. The SMILES string of the molecule is CC(C)CC(Cl)CNC(=O)c1ccc(C(C)C)cc1. The summed E-state index contributed by atoms with van der Waals surface area (Å²) in [5.74, 6) is 0.977. The monoisotopic (exact) mass is 281 g/mol. The van der Waals surface area contributed by atoms with Gasteiger partial charge in [0.25, 0.3) is 5.91 Å². The number of rotatable bonds is 6. The zero-order valence-corrected chi connectivity index (χ0v) is 13.0. The number of alkyl halides is 1. The van der Waals surface area contributed by atoms with Crippen molar-refractivity contribution in [3.05, 3.63) is 35.4 Å². The molecule has 1 amide bonds. The third kappa shape index (κ3) is 5.65. The van der Waals surface area contributed by atoms with Gasteiger partial charge in [-0.2, -0.15) is 0 Å². The van der Waals surface area contributed by atoms with Crippen molar-refractivity contribution in [2.75, 3.05) is 6.54 Å². The third-order valence-electron chi connectivity index (χ3n) is 3.05. The predicted molar refractivity (Wildman–Crippen MR) is 82.0 cm³/mol. The van der Waals surface area contributed by atoms with E-state index in [0.29, 0.717) is 23.9 Å². The van der Waals surface area contributed by atoms with Crippen LogP contribution in [0.15, 0.2) is 24.3 Å². The maximum atomic E-state index is 11.9.